The van der Waals surface area contributed by atoms with Crippen LogP contribution in [0.4, 0.5) is 8.78 Å². The molecule has 1 heterocycles. The van der Waals surface area contributed by atoms with Crippen molar-refractivity contribution in [3.8, 4) is 0 Å². The van der Waals surface area contributed by atoms with Crippen LogP contribution < -0.4 is 5.73 Å². The molecule has 0 saturated carbocycles. The number of hydrogen-bond acceptors (Lipinski definition) is 2. The third kappa shape index (κ3) is 3.22. The number of allylic oxidation sites excluding steroid dienone is 1. The van der Waals surface area contributed by atoms with E-state index >= 15 is 0 Å². The number of nitrogens with two attached hydrogens (primary N) is 1. The average molecular weight is 280 g/mol. The lowest BCUT2D eigenvalue weighted by molar-refractivity contribution is -0.125. The van der Waals surface area contributed by atoms with Crippen LogP contribution in [0.2, 0.25) is 0 Å². The van der Waals surface area contributed by atoms with Crippen molar-refractivity contribution in [2.45, 2.75) is 13.3 Å². The summed E-state index contributed by atoms with van der Waals surface area (Å²) in [4.78, 5) is 13.8. The maximum absolute atomic E-state index is 13.6. The van der Waals surface area contributed by atoms with Gasteiger partial charge in [0.2, 0.25) is 5.91 Å². The van der Waals surface area contributed by atoms with Gasteiger partial charge in [0.15, 0.2) is 0 Å². The smallest absolute Gasteiger partial charge is 0.246 e. The Labute approximate surface area is 117 Å². The molecule has 0 aromatic heterocycles. The van der Waals surface area contributed by atoms with Gasteiger partial charge in [-0.1, -0.05) is 0 Å². The van der Waals surface area contributed by atoms with E-state index in [0.717, 1.165) is 12.5 Å². The van der Waals surface area contributed by atoms with Crippen molar-refractivity contribution in [2.75, 3.05) is 19.6 Å². The topological polar surface area (TPSA) is 46.3 Å². The fraction of sp³-hybridized carbons (Fsp3) is 0.400. The summed E-state index contributed by atoms with van der Waals surface area (Å²) in [5.74, 6) is -1.10. The van der Waals surface area contributed by atoms with Crippen LogP contribution in [0.25, 0.3) is 5.57 Å². The van der Waals surface area contributed by atoms with Gasteiger partial charge in [-0.3, -0.25) is 4.79 Å². The highest BCUT2D eigenvalue weighted by Gasteiger charge is 2.24. The highest BCUT2D eigenvalue weighted by atomic mass is 19.1. The zero-order valence-electron chi connectivity index (χ0n) is 11.4. The molecule has 2 N–H and O–H groups in total. The van der Waals surface area contributed by atoms with Crippen LogP contribution in [0, 0.1) is 17.6 Å². The van der Waals surface area contributed by atoms with Crippen molar-refractivity contribution >= 4 is 11.5 Å². The zero-order chi connectivity index (χ0) is 14.7. The largest absolute Gasteiger partial charge is 0.339 e. The molecule has 0 bridgehead atoms. The normalized spacial score (nSPS) is 19.5. The lowest BCUT2D eigenvalue weighted by atomic mass is 10.1. The predicted octanol–water partition coefficient (Wildman–Crippen LogP) is 2.18. The molecule has 1 aromatic carbocycles. The Hall–Kier alpha value is -1.75. The molecule has 5 heteroatoms. The standard InChI is InChI=1S/C15H18F2N2O/c1-10(13-3-2-12(16)7-14(13)17)6-15(20)19-5-4-11(8-18)9-19/h2-3,6-7,11H,4-5,8-9,18H2,1H3. The third-order valence-corrected chi connectivity index (χ3v) is 3.63. The van der Waals surface area contributed by atoms with Gasteiger partial charge in [-0.2, -0.15) is 0 Å². The van der Waals surface area contributed by atoms with Crippen LogP contribution in [0.15, 0.2) is 24.3 Å². The number of rotatable bonds is 3. The minimum Gasteiger partial charge on any atom is -0.339 e. The summed E-state index contributed by atoms with van der Waals surface area (Å²) in [5.41, 5.74) is 6.32. The van der Waals surface area contributed by atoms with Gasteiger partial charge in [-0.05, 0) is 43.5 Å². The van der Waals surface area contributed by atoms with E-state index in [9.17, 15) is 13.6 Å². The number of amides is 1. The number of benzene rings is 1. The fourth-order valence-corrected chi connectivity index (χ4v) is 2.39. The number of likely N-dealkylation sites (tertiary alicyclic amines) is 1. The van der Waals surface area contributed by atoms with E-state index in [4.69, 9.17) is 5.73 Å². The molecule has 1 aromatic rings. The van der Waals surface area contributed by atoms with Crippen LogP contribution in [0.1, 0.15) is 18.9 Å². The van der Waals surface area contributed by atoms with Crippen molar-refractivity contribution in [3.63, 3.8) is 0 Å². The maximum Gasteiger partial charge on any atom is 0.246 e. The summed E-state index contributed by atoms with van der Waals surface area (Å²) < 4.78 is 26.5. The molecule has 20 heavy (non-hydrogen) atoms. The molecule has 1 fully saturated rings. The van der Waals surface area contributed by atoms with Gasteiger partial charge in [0.25, 0.3) is 0 Å². The van der Waals surface area contributed by atoms with Crippen molar-refractivity contribution < 1.29 is 13.6 Å². The van der Waals surface area contributed by atoms with Crippen molar-refractivity contribution in [1.29, 1.82) is 0 Å². The SMILES string of the molecule is CC(=CC(=O)N1CCC(CN)C1)c1ccc(F)cc1F. The van der Waals surface area contributed by atoms with Crippen LogP contribution in [-0.4, -0.2) is 30.4 Å². The first-order chi connectivity index (χ1) is 9.51. The number of halogens is 2. The van der Waals surface area contributed by atoms with Gasteiger partial charge in [0.1, 0.15) is 11.6 Å². The van der Waals surface area contributed by atoms with Crippen LogP contribution in [0.5, 0.6) is 0 Å². The van der Waals surface area contributed by atoms with E-state index in [1.54, 1.807) is 11.8 Å². The van der Waals surface area contributed by atoms with Gasteiger partial charge in [0, 0.05) is 30.8 Å². The molecule has 1 unspecified atom stereocenters. The first-order valence-electron chi connectivity index (χ1n) is 6.64. The Kier molecular flexibility index (Phi) is 4.49. The minimum absolute atomic E-state index is 0.151. The summed E-state index contributed by atoms with van der Waals surface area (Å²) in [6.07, 6.45) is 2.30. The predicted molar refractivity (Wildman–Crippen MR) is 73.8 cm³/mol. The number of carbonyl (C=O) groups is 1. The molecular weight excluding hydrogens is 262 g/mol. The summed E-state index contributed by atoms with van der Waals surface area (Å²) >= 11 is 0. The Balaban J connectivity index is 2.12. The number of hydrogen-bond donors (Lipinski definition) is 1. The zero-order valence-corrected chi connectivity index (χ0v) is 11.4. The molecule has 1 atom stereocenters. The van der Waals surface area contributed by atoms with E-state index < -0.39 is 11.6 Å². The summed E-state index contributed by atoms with van der Waals surface area (Å²) in [5, 5.41) is 0. The van der Waals surface area contributed by atoms with Crippen molar-refractivity contribution in [3.05, 3.63) is 41.5 Å². The monoisotopic (exact) mass is 280 g/mol. The first-order valence-corrected chi connectivity index (χ1v) is 6.64. The molecule has 0 aliphatic carbocycles. The second kappa shape index (κ2) is 6.13. The molecule has 2 rings (SSSR count). The average Bonchev–Trinajstić information content (AvgIpc) is 2.87. The third-order valence-electron chi connectivity index (χ3n) is 3.63. The van der Waals surface area contributed by atoms with E-state index in [2.05, 4.69) is 0 Å². The molecule has 0 radical (unpaired) electrons. The van der Waals surface area contributed by atoms with E-state index in [1.165, 1.54) is 18.2 Å². The first kappa shape index (κ1) is 14.7. The molecule has 1 aliphatic heterocycles. The van der Waals surface area contributed by atoms with E-state index in [1.807, 2.05) is 0 Å². The van der Waals surface area contributed by atoms with E-state index in [0.29, 0.717) is 31.1 Å². The van der Waals surface area contributed by atoms with Crippen LogP contribution in [0.3, 0.4) is 0 Å². The summed E-state index contributed by atoms with van der Waals surface area (Å²) in [7, 11) is 0. The lowest BCUT2D eigenvalue weighted by Gasteiger charge is -2.14. The van der Waals surface area contributed by atoms with Crippen molar-refractivity contribution in [1.82, 2.24) is 4.90 Å². The maximum atomic E-state index is 13.6. The Morgan fingerprint density at radius 3 is 2.85 bits per heavy atom. The summed E-state index contributed by atoms with van der Waals surface area (Å²) in [6, 6.07) is 3.34. The van der Waals surface area contributed by atoms with Gasteiger partial charge >= 0.3 is 0 Å². The van der Waals surface area contributed by atoms with Crippen LogP contribution in [-0.2, 0) is 4.79 Å². The molecule has 3 nitrogen and oxygen atoms in total. The Morgan fingerprint density at radius 2 is 2.25 bits per heavy atom. The highest BCUT2D eigenvalue weighted by Crippen LogP contribution is 2.20. The minimum atomic E-state index is -0.659. The number of nitrogens with zero attached hydrogens (tertiary/aromatic N) is 1. The molecule has 1 amide bonds. The quantitative estimate of drug-likeness (QED) is 0.863. The number of carbonyl (C=O) groups excluding carboxylic acids is 1. The summed E-state index contributed by atoms with van der Waals surface area (Å²) in [6.45, 7) is 3.53. The second-order valence-corrected chi connectivity index (χ2v) is 5.13. The molecular formula is C15H18F2N2O. The van der Waals surface area contributed by atoms with Gasteiger partial charge in [-0.25, -0.2) is 8.78 Å². The molecule has 0 spiro atoms. The molecule has 108 valence electrons. The highest BCUT2D eigenvalue weighted by molar-refractivity contribution is 5.95. The lowest BCUT2D eigenvalue weighted by Crippen LogP contribution is -2.28. The van der Waals surface area contributed by atoms with Crippen molar-refractivity contribution in [2.24, 2.45) is 11.7 Å². The Morgan fingerprint density at radius 1 is 1.50 bits per heavy atom. The van der Waals surface area contributed by atoms with Crippen LogP contribution >= 0.6 is 0 Å². The van der Waals surface area contributed by atoms with E-state index in [-0.39, 0.29) is 11.5 Å². The van der Waals surface area contributed by atoms with Gasteiger partial charge in [-0.15, -0.1) is 0 Å². The van der Waals surface area contributed by atoms with Gasteiger partial charge in [0.05, 0.1) is 0 Å². The fourth-order valence-electron chi connectivity index (χ4n) is 2.39. The second-order valence-electron chi connectivity index (χ2n) is 5.13. The molecule has 1 aliphatic rings. The van der Waals surface area contributed by atoms with Gasteiger partial charge < -0.3 is 10.6 Å². The Bertz CT molecular complexity index is 543. The molecule has 1 saturated heterocycles.